The van der Waals surface area contributed by atoms with E-state index in [1.807, 2.05) is 13.8 Å². The van der Waals surface area contributed by atoms with Crippen LogP contribution >= 0.6 is 0 Å². The number of amides is 2. The minimum absolute atomic E-state index is 0.0265. The summed E-state index contributed by atoms with van der Waals surface area (Å²) < 4.78 is 1.18. The first-order valence-corrected chi connectivity index (χ1v) is 11.3. The van der Waals surface area contributed by atoms with Gasteiger partial charge in [0.05, 0.1) is 0 Å². The summed E-state index contributed by atoms with van der Waals surface area (Å²) in [4.78, 5) is 46.9. The summed E-state index contributed by atoms with van der Waals surface area (Å²) >= 11 is 0. The highest BCUT2D eigenvalue weighted by Gasteiger charge is 2.55. The summed E-state index contributed by atoms with van der Waals surface area (Å²) in [6.45, 7) is 5.54. The first kappa shape index (κ1) is 20.2. The Hall–Kier alpha value is -2.71. The summed E-state index contributed by atoms with van der Waals surface area (Å²) in [5, 5.41) is 8.55. The number of aromatic nitrogens is 4. The van der Waals surface area contributed by atoms with Crippen LogP contribution in [-0.2, 0) is 9.59 Å². The molecule has 4 aliphatic carbocycles. The van der Waals surface area contributed by atoms with E-state index in [9.17, 15) is 14.4 Å². The molecule has 4 saturated carbocycles. The van der Waals surface area contributed by atoms with Gasteiger partial charge in [-0.2, -0.15) is 9.50 Å². The predicted octanol–water partition coefficient (Wildman–Crippen LogP) is 2.02. The maximum Gasteiger partial charge on any atom is 0.274 e. The molecule has 2 aromatic rings. The molecule has 3 N–H and O–H groups in total. The van der Waals surface area contributed by atoms with Crippen molar-refractivity contribution in [3.63, 3.8) is 0 Å². The Morgan fingerprint density at radius 2 is 1.74 bits per heavy atom. The molecular weight excluding hydrogens is 396 g/mol. The van der Waals surface area contributed by atoms with Crippen molar-refractivity contribution in [2.75, 3.05) is 5.32 Å². The van der Waals surface area contributed by atoms with E-state index in [1.165, 1.54) is 29.8 Å². The molecule has 1 unspecified atom stereocenters. The number of rotatable bonds is 5. The van der Waals surface area contributed by atoms with Gasteiger partial charge in [0.2, 0.25) is 17.8 Å². The van der Waals surface area contributed by atoms with E-state index in [2.05, 4.69) is 25.7 Å². The molecule has 0 aliphatic heterocycles. The number of H-pyrrole nitrogens is 1. The zero-order chi connectivity index (χ0) is 21.9. The maximum absolute atomic E-state index is 13.4. The molecule has 31 heavy (non-hydrogen) atoms. The number of hydrogen-bond donors (Lipinski definition) is 3. The van der Waals surface area contributed by atoms with Gasteiger partial charge in [-0.3, -0.25) is 24.8 Å². The lowest BCUT2D eigenvalue weighted by molar-refractivity contribution is -0.148. The molecule has 9 heteroatoms. The van der Waals surface area contributed by atoms with E-state index in [-0.39, 0.29) is 40.4 Å². The van der Waals surface area contributed by atoms with Crippen LogP contribution < -0.4 is 16.2 Å². The monoisotopic (exact) mass is 426 g/mol. The van der Waals surface area contributed by atoms with Crippen molar-refractivity contribution in [3.05, 3.63) is 22.1 Å². The fourth-order valence-corrected chi connectivity index (χ4v) is 6.46. The Morgan fingerprint density at radius 3 is 2.32 bits per heavy atom. The van der Waals surface area contributed by atoms with Gasteiger partial charge in [-0.1, -0.05) is 13.8 Å². The molecule has 2 heterocycles. The average Bonchev–Trinajstić information content (AvgIpc) is 3.07. The molecule has 4 bridgehead atoms. The number of nitrogens with one attached hydrogen (secondary N) is 3. The second-order valence-corrected chi connectivity index (χ2v) is 10.3. The Labute approximate surface area is 180 Å². The molecule has 0 saturated heterocycles. The third-order valence-electron chi connectivity index (χ3n) is 7.46. The molecule has 6 rings (SSSR count). The summed E-state index contributed by atoms with van der Waals surface area (Å²) in [6.07, 6.45) is 6.65. The van der Waals surface area contributed by atoms with Crippen molar-refractivity contribution in [1.29, 1.82) is 0 Å². The quantitative estimate of drug-likeness (QED) is 0.675. The SMILES string of the molecule is Cc1cc(=O)n2[nH]c(NC(=O)C(NC(=O)C34CC5CC(CC(C5)C3)C4)C(C)C)nc2n1. The van der Waals surface area contributed by atoms with Crippen molar-refractivity contribution >= 4 is 23.5 Å². The zero-order valence-electron chi connectivity index (χ0n) is 18.3. The number of aromatic amines is 1. The molecular formula is C22H30N6O3. The van der Waals surface area contributed by atoms with Gasteiger partial charge >= 0.3 is 0 Å². The lowest BCUT2D eigenvalue weighted by Crippen LogP contribution is -2.57. The molecule has 2 amide bonds. The number of anilines is 1. The summed E-state index contributed by atoms with van der Waals surface area (Å²) in [5.74, 6) is 1.89. The minimum Gasteiger partial charge on any atom is -0.344 e. The van der Waals surface area contributed by atoms with E-state index in [0.717, 1.165) is 19.3 Å². The number of aryl methyl sites for hydroxylation is 1. The first-order valence-electron chi connectivity index (χ1n) is 11.3. The molecule has 166 valence electrons. The van der Waals surface area contributed by atoms with Crippen LogP contribution in [0.1, 0.15) is 58.1 Å². The van der Waals surface area contributed by atoms with Crippen LogP contribution in [0.5, 0.6) is 0 Å². The topological polar surface area (TPSA) is 121 Å². The van der Waals surface area contributed by atoms with Crippen molar-refractivity contribution in [2.24, 2.45) is 29.1 Å². The molecule has 0 spiro atoms. The van der Waals surface area contributed by atoms with Crippen LogP contribution in [0.15, 0.2) is 10.9 Å². The van der Waals surface area contributed by atoms with Gasteiger partial charge in [-0.05, 0) is 69.1 Å². The Balaban J connectivity index is 1.33. The first-order chi connectivity index (χ1) is 14.7. The molecule has 1 atom stereocenters. The van der Waals surface area contributed by atoms with E-state index in [0.29, 0.717) is 23.4 Å². The molecule has 0 radical (unpaired) electrons. The number of carbonyl (C=O) groups is 2. The second kappa shape index (κ2) is 7.17. The minimum atomic E-state index is -0.680. The van der Waals surface area contributed by atoms with Crippen molar-refractivity contribution < 1.29 is 9.59 Å². The number of carbonyl (C=O) groups excluding carboxylic acids is 2. The lowest BCUT2D eigenvalue weighted by Gasteiger charge is -2.55. The van der Waals surface area contributed by atoms with Gasteiger partial charge in [0, 0.05) is 17.2 Å². The zero-order valence-corrected chi connectivity index (χ0v) is 18.3. The Kier molecular flexibility index (Phi) is 4.67. The van der Waals surface area contributed by atoms with E-state index < -0.39 is 6.04 Å². The van der Waals surface area contributed by atoms with E-state index >= 15 is 0 Å². The van der Waals surface area contributed by atoms with Crippen LogP contribution in [0.4, 0.5) is 5.95 Å². The smallest absolute Gasteiger partial charge is 0.274 e. The summed E-state index contributed by atoms with van der Waals surface area (Å²) in [6, 6.07) is 0.708. The van der Waals surface area contributed by atoms with E-state index in [1.54, 1.807) is 6.92 Å². The van der Waals surface area contributed by atoms with Crippen LogP contribution in [0.3, 0.4) is 0 Å². The Bertz CT molecular complexity index is 1070. The Morgan fingerprint density at radius 1 is 1.13 bits per heavy atom. The van der Waals surface area contributed by atoms with Crippen LogP contribution in [0, 0.1) is 36.0 Å². The van der Waals surface area contributed by atoms with Gasteiger partial charge in [0.25, 0.3) is 11.3 Å². The highest BCUT2D eigenvalue weighted by Crippen LogP contribution is 2.60. The van der Waals surface area contributed by atoms with Crippen molar-refractivity contribution in [3.8, 4) is 0 Å². The highest BCUT2D eigenvalue weighted by molar-refractivity contribution is 5.97. The number of nitrogens with zero attached hydrogens (tertiary/aromatic N) is 3. The van der Waals surface area contributed by atoms with Gasteiger partial charge in [0.1, 0.15) is 6.04 Å². The largest absolute Gasteiger partial charge is 0.344 e. The standard InChI is InChI=1S/C22H30N6O3/c1-11(2)17(18(30)25-20-26-21-23-12(3)4-16(29)28(21)27-20)24-19(31)22-8-13-5-14(9-22)7-15(6-13)10-22/h4,11,13-15,17H,5-10H2,1-3H3,(H,24,31)(H2,23,25,26,27,30). The molecule has 4 aliphatic rings. The van der Waals surface area contributed by atoms with Crippen molar-refractivity contribution in [2.45, 2.75) is 65.3 Å². The van der Waals surface area contributed by atoms with E-state index in [4.69, 9.17) is 0 Å². The number of hydrogen-bond acceptors (Lipinski definition) is 5. The third-order valence-corrected chi connectivity index (χ3v) is 7.46. The van der Waals surface area contributed by atoms with Crippen LogP contribution in [0.25, 0.3) is 5.78 Å². The maximum atomic E-state index is 13.4. The number of fused-ring (bicyclic) bond motifs is 1. The van der Waals surface area contributed by atoms with Gasteiger partial charge in [-0.25, -0.2) is 4.98 Å². The van der Waals surface area contributed by atoms with Crippen LogP contribution in [-0.4, -0.2) is 37.4 Å². The highest BCUT2D eigenvalue weighted by atomic mass is 16.2. The van der Waals surface area contributed by atoms with Crippen molar-refractivity contribution in [1.82, 2.24) is 24.9 Å². The van der Waals surface area contributed by atoms with Crippen LogP contribution in [0.2, 0.25) is 0 Å². The second-order valence-electron chi connectivity index (χ2n) is 10.3. The fraction of sp³-hybridized carbons (Fsp3) is 0.682. The predicted molar refractivity (Wildman–Crippen MR) is 114 cm³/mol. The summed E-state index contributed by atoms with van der Waals surface area (Å²) in [5.41, 5.74) is -0.0562. The molecule has 0 aromatic carbocycles. The van der Waals surface area contributed by atoms with Gasteiger partial charge < -0.3 is 5.32 Å². The lowest BCUT2D eigenvalue weighted by atomic mass is 9.49. The summed E-state index contributed by atoms with van der Waals surface area (Å²) in [7, 11) is 0. The molecule has 2 aromatic heterocycles. The normalized spacial score (nSPS) is 30.0. The molecule has 4 fully saturated rings. The average molecular weight is 427 g/mol. The third kappa shape index (κ3) is 3.53. The molecule has 9 nitrogen and oxygen atoms in total. The van der Waals surface area contributed by atoms with Gasteiger partial charge in [-0.15, -0.1) is 0 Å². The van der Waals surface area contributed by atoms with Gasteiger partial charge in [0.15, 0.2) is 0 Å². The fourth-order valence-electron chi connectivity index (χ4n) is 6.46.